The minimum atomic E-state index is -0.336. The van der Waals surface area contributed by atoms with Crippen LogP contribution >= 0.6 is 0 Å². The fourth-order valence-electron chi connectivity index (χ4n) is 5.49. The second-order valence-electron chi connectivity index (χ2n) is 10.4. The normalized spacial score (nSPS) is 27.5. The SMILES string of the molecule is CCOC(=O)/C(=C/CN/C(OCC(C)C)=C(\C=N)C(=O)NC1C(C)CC2CC(C)CC1C2)CC. The number of fused-ring (bicyclic) bond motifs is 2. The van der Waals surface area contributed by atoms with Crippen molar-refractivity contribution in [3.8, 4) is 0 Å². The topological polar surface area (TPSA) is 101 Å². The Morgan fingerprint density at radius 1 is 1.09 bits per heavy atom. The minimum Gasteiger partial charge on any atom is -0.478 e. The van der Waals surface area contributed by atoms with Crippen molar-refractivity contribution in [3.05, 3.63) is 23.1 Å². The summed E-state index contributed by atoms with van der Waals surface area (Å²) in [5.74, 6) is 2.28. The van der Waals surface area contributed by atoms with Gasteiger partial charge < -0.3 is 25.5 Å². The molecule has 7 heteroatoms. The Hall–Kier alpha value is -2.31. The summed E-state index contributed by atoms with van der Waals surface area (Å²) in [6.45, 7) is 13.3. The molecule has 0 heterocycles. The fourth-order valence-corrected chi connectivity index (χ4v) is 5.49. The van der Waals surface area contributed by atoms with Gasteiger partial charge in [-0.05, 0) is 68.6 Å². The maximum absolute atomic E-state index is 13.3. The van der Waals surface area contributed by atoms with Crippen LogP contribution in [0.15, 0.2) is 23.1 Å². The van der Waals surface area contributed by atoms with E-state index in [-0.39, 0.29) is 35.3 Å². The molecule has 192 valence electrons. The lowest BCUT2D eigenvalue weighted by atomic mass is 9.63. The van der Waals surface area contributed by atoms with Gasteiger partial charge in [0.15, 0.2) is 0 Å². The van der Waals surface area contributed by atoms with Crippen LogP contribution in [0.5, 0.6) is 0 Å². The van der Waals surface area contributed by atoms with E-state index in [1.807, 2.05) is 20.8 Å². The summed E-state index contributed by atoms with van der Waals surface area (Å²) < 4.78 is 11.0. The van der Waals surface area contributed by atoms with E-state index in [4.69, 9.17) is 14.9 Å². The summed E-state index contributed by atoms with van der Waals surface area (Å²) >= 11 is 0. The minimum absolute atomic E-state index is 0.114. The Morgan fingerprint density at radius 3 is 2.44 bits per heavy atom. The Kier molecular flexibility index (Phi) is 11.1. The Morgan fingerprint density at radius 2 is 1.82 bits per heavy atom. The second-order valence-corrected chi connectivity index (χ2v) is 10.4. The standard InChI is InChI=1S/C27H45N3O4/c1-7-21(27(32)33-8-2)9-10-29-26(34-16-17(3)4)23(15-28)25(31)30-24-19(6)13-20-11-18(5)12-22(24)14-20/h9,15,17-20,22,24,28-29H,7-8,10-14,16H2,1-6H3,(H,30,31)/b21-9+,26-23-,28-15?. The zero-order valence-corrected chi connectivity index (χ0v) is 21.9. The van der Waals surface area contributed by atoms with Gasteiger partial charge in [-0.3, -0.25) is 4.79 Å². The van der Waals surface area contributed by atoms with Gasteiger partial charge in [0.1, 0.15) is 5.57 Å². The number of rotatable bonds is 12. The summed E-state index contributed by atoms with van der Waals surface area (Å²) in [6, 6.07) is 0.114. The lowest BCUT2D eigenvalue weighted by Crippen LogP contribution is -2.51. The first-order chi connectivity index (χ1) is 16.2. The molecule has 0 aliphatic heterocycles. The van der Waals surface area contributed by atoms with Crippen molar-refractivity contribution in [3.63, 3.8) is 0 Å². The van der Waals surface area contributed by atoms with Crippen LogP contribution in [-0.2, 0) is 19.1 Å². The fraction of sp³-hybridized carbons (Fsp3) is 0.741. The van der Waals surface area contributed by atoms with E-state index < -0.39 is 0 Å². The maximum Gasteiger partial charge on any atom is 0.333 e. The van der Waals surface area contributed by atoms with Gasteiger partial charge in [-0.1, -0.05) is 40.7 Å². The molecular formula is C27H45N3O4. The number of esters is 1. The lowest BCUT2D eigenvalue weighted by molar-refractivity contribution is -0.138. The first-order valence-electron chi connectivity index (χ1n) is 13.0. The highest BCUT2D eigenvalue weighted by molar-refractivity contribution is 6.11. The monoisotopic (exact) mass is 475 g/mol. The van der Waals surface area contributed by atoms with Gasteiger partial charge >= 0.3 is 5.97 Å². The largest absolute Gasteiger partial charge is 0.478 e. The Bertz CT molecular complexity index is 770. The molecule has 2 aliphatic rings. The molecular weight excluding hydrogens is 430 g/mol. The number of carbonyl (C=O) groups is 2. The Labute approximate surface area is 205 Å². The van der Waals surface area contributed by atoms with Crippen LogP contribution < -0.4 is 10.6 Å². The molecule has 1 amide bonds. The molecule has 2 saturated carbocycles. The molecule has 2 aliphatic carbocycles. The van der Waals surface area contributed by atoms with Crippen LogP contribution in [0, 0.1) is 35.0 Å². The molecule has 0 aromatic carbocycles. The third-order valence-electron chi connectivity index (χ3n) is 6.92. The van der Waals surface area contributed by atoms with Crippen molar-refractivity contribution < 1.29 is 19.1 Å². The number of amides is 1. The van der Waals surface area contributed by atoms with Crippen molar-refractivity contribution in [2.75, 3.05) is 19.8 Å². The average Bonchev–Trinajstić information content (AvgIpc) is 2.77. The van der Waals surface area contributed by atoms with Gasteiger partial charge in [0.05, 0.1) is 13.2 Å². The molecule has 5 atom stereocenters. The predicted molar refractivity (Wildman–Crippen MR) is 135 cm³/mol. The summed E-state index contributed by atoms with van der Waals surface area (Å²) in [5.41, 5.74) is 0.747. The van der Waals surface area contributed by atoms with Crippen LogP contribution in [0.3, 0.4) is 0 Å². The van der Waals surface area contributed by atoms with E-state index in [1.54, 1.807) is 13.0 Å². The predicted octanol–water partition coefficient (Wildman–Crippen LogP) is 4.59. The summed E-state index contributed by atoms with van der Waals surface area (Å²) in [4.78, 5) is 25.4. The molecule has 0 radical (unpaired) electrons. The zero-order valence-electron chi connectivity index (χ0n) is 21.9. The molecule has 5 unspecified atom stereocenters. The zero-order chi connectivity index (χ0) is 25.3. The highest BCUT2D eigenvalue weighted by atomic mass is 16.5. The van der Waals surface area contributed by atoms with E-state index in [0.29, 0.717) is 49.5 Å². The van der Waals surface area contributed by atoms with E-state index in [2.05, 4.69) is 24.5 Å². The molecule has 0 spiro atoms. The number of nitrogens with one attached hydrogen (secondary N) is 3. The smallest absolute Gasteiger partial charge is 0.333 e. The van der Waals surface area contributed by atoms with E-state index in [1.165, 1.54) is 12.8 Å². The van der Waals surface area contributed by atoms with Gasteiger partial charge in [-0.2, -0.15) is 0 Å². The molecule has 2 rings (SSSR count). The van der Waals surface area contributed by atoms with Crippen LogP contribution in [0.4, 0.5) is 0 Å². The van der Waals surface area contributed by atoms with E-state index in [0.717, 1.165) is 25.0 Å². The summed E-state index contributed by atoms with van der Waals surface area (Å²) in [6.07, 6.45) is 8.12. The van der Waals surface area contributed by atoms with Crippen molar-refractivity contribution in [2.45, 2.75) is 79.7 Å². The average molecular weight is 476 g/mol. The van der Waals surface area contributed by atoms with Crippen LogP contribution in [0.1, 0.15) is 73.6 Å². The number of hydrogen-bond donors (Lipinski definition) is 3. The van der Waals surface area contributed by atoms with Gasteiger partial charge in [0.2, 0.25) is 5.88 Å². The van der Waals surface area contributed by atoms with Crippen molar-refractivity contribution in [2.24, 2.45) is 29.6 Å². The highest BCUT2D eigenvalue weighted by Crippen LogP contribution is 2.44. The third-order valence-corrected chi connectivity index (χ3v) is 6.92. The molecule has 3 N–H and O–H groups in total. The van der Waals surface area contributed by atoms with Gasteiger partial charge in [0, 0.05) is 24.4 Å². The van der Waals surface area contributed by atoms with E-state index in [9.17, 15) is 9.59 Å². The number of carbonyl (C=O) groups excluding carboxylic acids is 2. The molecule has 34 heavy (non-hydrogen) atoms. The van der Waals surface area contributed by atoms with Crippen LogP contribution in [0.2, 0.25) is 0 Å². The number of ether oxygens (including phenoxy) is 2. The van der Waals surface area contributed by atoms with Crippen LogP contribution in [0.25, 0.3) is 0 Å². The molecule has 7 nitrogen and oxygen atoms in total. The van der Waals surface area contributed by atoms with Gasteiger partial charge in [-0.15, -0.1) is 0 Å². The quantitative estimate of drug-likeness (QED) is 0.166. The number of hydrogen-bond acceptors (Lipinski definition) is 6. The van der Waals surface area contributed by atoms with Crippen molar-refractivity contribution >= 4 is 18.1 Å². The van der Waals surface area contributed by atoms with Crippen LogP contribution in [-0.4, -0.2) is 43.9 Å². The molecule has 0 aromatic rings. The summed E-state index contributed by atoms with van der Waals surface area (Å²) in [5, 5.41) is 14.4. The first kappa shape index (κ1) is 27.9. The van der Waals surface area contributed by atoms with Crippen molar-refractivity contribution in [1.82, 2.24) is 10.6 Å². The third kappa shape index (κ3) is 7.88. The molecule has 0 aromatic heterocycles. The van der Waals surface area contributed by atoms with Gasteiger partial charge in [0.25, 0.3) is 5.91 Å². The second kappa shape index (κ2) is 13.5. The molecule has 0 saturated heterocycles. The van der Waals surface area contributed by atoms with Gasteiger partial charge in [-0.25, -0.2) is 4.79 Å². The van der Waals surface area contributed by atoms with Crippen molar-refractivity contribution in [1.29, 1.82) is 5.41 Å². The molecule has 2 fully saturated rings. The maximum atomic E-state index is 13.3. The Balaban J connectivity index is 2.18. The first-order valence-corrected chi connectivity index (χ1v) is 13.0. The lowest BCUT2D eigenvalue weighted by Gasteiger charge is -2.46. The molecule has 2 bridgehead atoms. The van der Waals surface area contributed by atoms with E-state index >= 15 is 0 Å². The summed E-state index contributed by atoms with van der Waals surface area (Å²) in [7, 11) is 0. The highest BCUT2D eigenvalue weighted by Gasteiger charge is 2.41.